The fraction of sp³-hybridized carbons (Fsp3) is 0.909. The summed E-state index contributed by atoms with van der Waals surface area (Å²) in [5.41, 5.74) is 0.0752. The predicted molar refractivity (Wildman–Crippen MR) is 57.0 cm³/mol. The number of hydrogen-bond acceptors (Lipinski definition) is 2. The van der Waals surface area contributed by atoms with Gasteiger partial charge in [-0.1, -0.05) is 13.3 Å². The van der Waals surface area contributed by atoms with Crippen LogP contribution in [0.1, 0.15) is 45.4 Å². The first-order chi connectivity index (χ1) is 6.28. The lowest BCUT2D eigenvalue weighted by Gasteiger charge is -2.35. The lowest BCUT2D eigenvalue weighted by molar-refractivity contribution is -0.117. The Bertz CT molecular complexity index is 190. The molecule has 0 radical (unpaired) electrons. The second-order valence-corrected chi connectivity index (χ2v) is 6.20. The smallest absolute Gasteiger partial charge is 0.126 e. The van der Waals surface area contributed by atoms with Crippen LogP contribution in [-0.2, 0) is 4.79 Å². The van der Waals surface area contributed by atoms with Gasteiger partial charge in [-0.25, -0.2) is 0 Å². The van der Waals surface area contributed by atoms with Crippen LogP contribution in [-0.4, -0.2) is 16.8 Å². The molecule has 2 atom stereocenters. The van der Waals surface area contributed by atoms with E-state index in [1.807, 2.05) is 0 Å². The Morgan fingerprint density at radius 2 is 2.00 bits per heavy atom. The average Bonchev–Trinajstić information content (AvgIpc) is 2.47. The fourth-order valence-corrected chi connectivity index (χ4v) is 4.87. The number of carbonyl (C=O) groups excluding carboxylic acids is 1. The molecule has 2 rings (SSSR count). The zero-order chi connectivity index (χ0) is 9.31. The number of hydrogen-bond donors (Lipinski definition) is 0. The Hall–Kier alpha value is 0.0200. The molecule has 0 amide bonds. The molecule has 0 aromatic carbocycles. The maximum Gasteiger partial charge on any atom is 0.126 e. The molecule has 2 heterocycles. The summed E-state index contributed by atoms with van der Waals surface area (Å²) in [6.45, 7) is 2.19. The highest BCUT2D eigenvalue weighted by Crippen LogP contribution is 2.52. The molecule has 0 saturated carbocycles. The topological polar surface area (TPSA) is 17.1 Å². The third-order valence-electron chi connectivity index (χ3n) is 3.46. The van der Waals surface area contributed by atoms with Gasteiger partial charge in [-0.2, -0.15) is 11.8 Å². The average molecular weight is 198 g/mol. The molecule has 0 aromatic rings. The van der Waals surface area contributed by atoms with Crippen molar-refractivity contribution in [3.05, 3.63) is 0 Å². The van der Waals surface area contributed by atoms with Crippen LogP contribution in [0.5, 0.6) is 0 Å². The third kappa shape index (κ3) is 1.78. The minimum absolute atomic E-state index is 0.0752. The molecule has 2 aliphatic heterocycles. The number of carbonyl (C=O) groups is 1. The Kier molecular flexibility index (Phi) is 2.68. The summed E-state index contributed by atoms with van der Waals surface area (Å²) in [6, 6.07) is 0. The van der Waals surface area contributed by atoms with Gasteiger partial charge in [0.1, 0.15) is 6.29 Å². The Morgan fingerprint density at radius 3 is 2.46 bits per heavy atom. The van der Waals surface area contributed by atoms with E-state index < -0.39 is 0 Å². The van der Waals surface area contributed by atoms with E-state index in [1.54, 1.807) is 0 Å². The fourth-order valence-electron chi connectivity index (χ4n) is 2.93. The lowest BCUT2D eigenvalue weighted by Crippen LogP contribution is -2.32. The Labute approximate surface area is 84.7 Å². The zero-order valence-corrected chi connectivity index (χ0v) is 9.11. The lowest BCUT2D eigenvalue weighted by atomic mass is 9.77. The van der Waals surface area contributed by atoms with Crippen molar-refractivity contribution in [2.24, 2.45) is 5.41 Å². The first kappa shape index (κ1) is 9.57. The summed E-state index contributed by atoms with van der Waals surface area (Å²) >= 11 is 2.14. The minimum Gasteiger partial charge on any atom is -0.303 e. The molecule has 0 aliphatic carbocycles. The highest BCUT2D eigenvalue weighted by molar-refractivity contribution is 8.00. The van der Waals surface area contributed by atoms with Crippen molar-refractivity contribution in [1.29, 1.82) is 0 Å². The first-order valence-corrected chi connectivity index (χ1v) is 6.34. The number of aldehydes is 1. The van der Waals surface area contributed by atoms with E-state index in [-0.39, 0.29) is 5.41 Å². The van der Waals surface area contributed by atoms with Crippen LogP contribution in [0.3, 0.4) is 0 Å². The maximum absolute atomic E-state index is 11.2. The summed E-state index contributed by atoms with van der Waals surface area (Å²) in [7, 11) is 0. The molecule has 2 unspecified atom stereocenters. The summed E-state index contributed by atoms with van der Waals surface area (Å²) in [4.78, 5) is 11.2. The van der Waals surface area contributed by atoms with E-state index in [0.717, 1.165) is 36.2 Å². The van der Waals surface area contributed by atoms with E-state index >= 15 is 0 Å². The second kappa shape index (κ2) is 3.64. The van der Waals surface area contributed by atoms with Gasteiger partial charge in [0.15, 0.2) is 0 Å². The van der Waals surface area contributed by atoms with Crippen molar-refractivity contribution in [1.82, 2.24) is 0 Å². The second-order valence-electron chi connectivity index (χ2n) is 4.60. The molecule has 2 bridgehead atoms. The normalized spacial score (nSPS) is 43.5. The number of rotatable bonds is 3. The number of fused-ring (bicyclic) bond motifs is 2. The highest BCUT2D eigenvalue weighted by Gasteiger charge is 2.43. The van der Waals surface area contributed by atoms with E-state index in [4.69, 9.17) is 0 Å². The molecule has 1 nitrogen and oxygen atoms in total. The SMILES string of the molecule is CCCC1(C=O)CC2CCC(C1)S2. The molecule has 2 aliphatic rings. The standard InChI is InChI=1S/C11H18OS/c1-2-5-11(8-12)6-9-3-4-10(7-11)13-9/h8-10H,2-7H2,1H3. The van der Waals surface area contributed by atoms with Gasteiger partial charge >= 0.3 is 0 Å². The van der Waals surface area contributed by atoms with Gasteiger partial charge in [0.05, 0.1) is 0 Å². The molecule has 2 fully saturated rings. The number of thioether (sulfide) groups is 1. The molecule has 13 heavy (non-hydrogen) atoms. The zero-order valence-electron chi connectivity index (χ0n) is 8.29. The van der Waals surface area contributed by atoms with Gasteiger partial charge in [-0.15, -0.1) is 0 Å². The maximum atomic E-state index is 11.2. The van der Waals surface area contributed by atoms with Gasteiger partial charge in [0, 0.05) is 15.9 Å². The van der Waals surface area contributed by atoms with Crippen LogP contribution < -0.4 is 0 Å². The molecule has 0 N–H and O–H groups in total. The van der Waals surface area contributed by atoms with Crippen LogP contribution in [0.4, 0.5) is 0 Å². The van der Waals surface area contributed by atoms with Crippen molar-refractivity contribution in [2.45, 2.75) is 55.9 Å². The summed E-state index contributed by atoms with van der Waals surface area (Å²) in [5, 5.41) is 1.60. The summed E-state index contributed by atoms with van der Waals surface area (Å²) in [5.74, 6) is 0. The Morgan fingerprint density at radius 1 is 1.38 bits per heavy atom. The third-order valence-corrected chi connectivity index (χ3v) is 5.04. The molecule has 74 valence electrons. The van der Waals surface area contributed by atoms with Gasteiger partial charge in [-0.3, -0.25) is 0 Å². The van der Waals surface area contributed by atoms with Gasteiger partial charge in [-0.05, 0) is 32.1 Å². The van der Waals surface area contributed by atoms with Gasteiger partial charge in [0.25, 0.3) is 0 Å². The van der Waals surface area contributed by atoms with Crippen molar-refractivity contribution in [2.75, 3.05) is 0 Å². The van der Waals surface area contributed by atoms with Crippen LogP contribution in [0.15, 0.2) is 0 Å². The quantitative estimate of drug-likeness (QED) is 0.648. The van der Waals surface area contributed by atoms with Gasteiger partial charge in [0.2, 0.25) is 0 Å². The van der Waals surface area contributed by atoms with Crippen LogP contribution >= 0.6 is 11.8 Å². The summed E-state index contributed by atoms with van der Waals surface area (Å²) in [6.07, 6.45) is 8.56. The van der Waals surface area contributed by atoms with Gasteiger partial charge < -0.3 is 4.79 Å². The molecule has 0 spiro atoms. The van der Waals surface area contributed by atoms with Crippen LogP contribution in [0.25, 0.3) is 0 Å². The molecular weight excluding hydrogens is 180 g/mol. The van der Waals surface area contributed by atoms with Crippen molar-refractivity contribution in [3.63, 3.8) is 0 Å². The van der Waals surface area contributed by atoms with Crippen molar-refractivity contribution < 1.29 is 4.79 Å². The van der Waals surface area contributed by atoms with Crippen LogP contribution in [0.2, 0.25) is 0 Å². The highest BCUT2D eigenvalue weighted by atomic mass is 32.2. The molecule has 2 heteroatoms. The summed E-state index contributed by atoms with van der Waals surface area (Å²) < 4.78 is 0. The Balaban J connectivity index is 2.08. The minimum atomic E-state index is 0.0752. The van der Waals surface area contributed by atoms with E-state index in [0.29, 0.717) is 0 Å². The molecule has 0 aromatic heterocycles. The van der Waals surface area contributed by atoms with E-state index in [2.05, 4.69) is 18.7 Å². The van der Waals surface area contributed by atoms with E-state index in [1.165, 1.54) is 19.1 Å². The van der Waals surface area contributed by atoms with Crippen LogP contribution in [0, 0.1) is 5.41 Å². The first-order valence-electron chi connectivity index (χ1n) is 5.40. The molecule has 2 saturated heterocycles. The monoisotopic (exact) mass is 198 g/mol. The van der Waals surface area contributed by atoms with E-state index in [9.17, 15) is 4.79 Å². The van der Waals surface area contributed by atoms with Crippen molar-refractivity contribution in [3.8, 4) is 0 Å². The molecular formula is C11H18OS. The predicted octanol–water partition coefficient (Wildman–Crippen LogP) is 3.03. The van der Waals surface area contributed by atoms with Crippen molar-refractivity contribution >= 4 is 18.0 Å². The largest absolute Gasteiger partial charge is 0.303 e.